The molecule has 1 aliphatic rings. The summed E-state index contributed by atoms with van der Waals surface area (Å²) in [4.78, 5) is 23.8. The first-order chi connectivity index (χ1) is 10.8. The lowest BCUT2D eigenvalue weighted by atomic mass is 10.0. The summed E-state index contributed by atoms with van der Waals surface area (Å²) in [5.41, 5.74) is -0.805. The quantitative estimate of drug-likeness (QED) is 0.920. The number of ether oxygens (including phenoxy) is 1. The fourth-order valence-corrected chi connectivity index (χ4v) is 2.47. The maximum atomic E-state index is 13.1. The molecule has 0 radical (unpaired) electrons. The summed E-state index contributed by atoms with van der Waals surface area (Å²) in [6.45, 7) is 0.324. The Kier molecular flexibility index (Phi) is 5.25. The molecule has 1 unspecified atom stereocenters. The molecule has 1 fully saturated rings. The molecule has 0 aliphatic carbocycles. The summed E-state index contributed by atoms with van der Waals surface area (Å²) in [5.74, 6) is -1.49. The predicted octanol–water partition coefficient (Wildman–Crippen LogP) is 2.47. The first-order valence-electron chi connectivity index (χ1n) is 7.06. The first kappa shape index (κ1) is 17.3. The second-order valence-electron chi connectivity index (χ2n) is 5.18. The zero-order valence-electron chi connectivity index (χ0n) is 12.2. The van der Waals surface area contributed by atoms with Crippen LogP contribution in [0.5, 0.6) is 0 Å². The number of hydrogen-bond donors (Lipinski definition) is 1. The zero-order chi connectivity index (χ0) is 17.0. The largest absolute Gasteiger partial charge is 0.481 e. The SMILES string of the molecule is O=C(O)CCC(=O)N1CCOC(c2ccccc2C(F)(F)F)C1. The van der Waals surface area contributed by atoms with Gasteiger partial charge in [-0.05, 0) is 11.6 Å². The average molecular weight is 331 g/mol. The van der Waals surface area contributed by atoms with Gasteiger partial charge < -0.3 is 14.7 Å². The maximum Gasteiger partial charge on any atom is 0.416 e. The highest BCUT2D eigenvalue weighted by Gasteiger charge is 2.36. The molecule has 1 aromatic carbocycles. The topological polar surface area (TPSA) is 66.8 Å². The number of aliphatic carboxylic acids is 1. The van der Waals surface area contributed by atoms with Gasteiger partial charge in [-0.2, -0.15) is 13.2 Å². The number of amides is 1. The number of morpholine rings is 1. The number of nitrogens with zero attached hydrogens (tertiary/aromatic N) is 1. The Morgan fingerprint density at radius 3 is 2.61 bits per heavy atom. The van der Waals surface area contributed by atoms with Crippen LogP contribution in [-0.4, -0.2) is 41.6 Å². The molecular weight excluding hydrogens is 315 g/mol. The Labute approximate surface area is 130 Å². The van der Waals surface area contributed by atoms with Crippen LogP contribution in [0.3, 0.4) is 0 Å². The minimum Gasteiger partial charge on any atom is -0.481 e. The van der Waals surface area contributed by atoms with Crippen molar-refractivity contribution in [1.82, 2.24) is 4.90 Å². The fourth-order valence-electron chi connectivity index (χ4n) is 2.47. The first-order valence-corrected chi connectivity index (χ1v) is 7.06. The van der Waals surface area contributed by atoms with Crippen LogP contribution >= 0.6 is 0 Å². The van der Waals surface area contributed by atoms with Gasteiger partial charge in [0.05, 0.1) is 25.1 Å². The number of hydrogen-bond acceptors (Lipinski definition) is 3. The summed E-state index contributed by atoms with van der Waals surface area (Å²) in [6, 6.07) is 5.09. The molecule has 0 aromatic heterocycles. The van der Waals surface area contributed by atoms with Crippen LogP contribution in [-0.2, 0) is 20.5 Å². The number of halogens is 3. The highest BCUT2D eigenvalue weighted by atomic mass is 19.4. The number of carbonyl (C=O) groups excluding carboxylic acids is 1. The minimum absolute atomic E-state index is 0.0178. The van der Waals surface area contributed by atoms with E-state index in [4.69, 9.17) is 9.84 Å². The lowest BCUT2D eigenvalue weighted by Gasteiger charge is -2.34. The fraction of sp³-hybridized carbons (Fsp3) is 0.467. The molecule has 23 heavy (non-hydrogen) atoms. The second-order valence-corrected chi connectivity index (χ2v) is 5.18. The van der Waals surface area contributed by atoms with Crippen LogP contribution in [0.1, 0.15) is 30.1 Å². The van der Waals surface area contributed by atoms with Crippen molar-refractivity contribution in [3.05, 3.63) is 35.4 Å². The molecule has 2 rings (SSSR count). The van der Waals surface area contributed by atoms with E-state index in [-0.39, 0.29) is 38.1 Å². The van der Waals surface area contributed by atoms with E-state index in [0.717, 1.165) is 6.07 Å². The normalized spacial score (nSPS) is 18.7. The second kappa shape index (κ2) is 6.99. The van der Waals surface area contributed by atoms with Crippen LogP contribution in [0, 0.1) is 0 Å². The van der Waals surface area contributed by atoms with Crippen molar-refractivity contribution >= 4 is 11.9 Å². The Morgan fingerprint density at radius 2 is 1.96 bits per heavy atom. The van der Waals surface area contributed by atoms with Crippen LogP contribution < -0.4 is 0 Å². The van der Waals surface area contributed by atoms with E-state index < -0.39 is 29.7 Å². The van der Waals surface area contributed by atoms with Crippen LogP contribution in [0.2, 0.25) is 0 Å². The van der Waals surface area contributed by atoms with Gasteiger partial charge in [-0.1, -0.05) is 18.2 Å². The number of carboxylic acids is 1. The number of rotatable bonds is 4. The van der Waals surface area contributed by atoms with Crippen molar-refractivity contribution in [3.8, 4) is 0 Å². The summed E-state index contributed by atoms with van der Waals surface area (Å²) >= 11 is 0. The van der Waals surface area contributed by atoms with Crippen molar-refractivity contribution in [2.45, 2.75) is 25.1 Å². The van der Waals surface area contributed by atoms with Crippen molar-refractivity contribution in [2.75, 3.05) is 19.7 Å². The molecule has 1 aliphatic heterocycles. The van der Waals surface area contributed by atoms with Crippen molar-refractivity contribution in [1.29, 1.82) is 0 Å². The smallest absolute Gasteiger partial charge is 0.416 e. The Bertz CT molecular complexity index is 588. The lowest BCUT2D eigenvalue weighted by Crippen LogP contribution is -2.42. The summed E-state index contributed by atoms with van der Waals surface area (Å²) < 4.78 is 44.6. The van der Waals surface area contributed by atoms with Gasteiger partial charge in [0, 0.05) is 13.0 Å². The number of benzene rings is 1. The van der Waals surface area contributed by atoms with E-state index in [1.165, 1.54) is 23.1 Å². The van der Waals surface area contributed by atoms with E-state index >= 15 is 0 Å². The van der Waals surface area contributed by atoms with Crippen LogP contribution in [0.15, 0.2) is 24.3 Å². The third-order valence-corrected chi connectivity index (χ3v) is 3.58. The zero-order valence-corrected chi connectivity index (χ0v) is 12.2. The van der Waals surface area contributed by atoms with Gasteiger partial charge in [-0.3, -0.25) is 9.59 Å². The number of alkyl halides is 3. The van der Waals surface area contributed by atoms with Gasteiger partial charge in [-0.25, -0.2) is 0 Å². The molecule has 1 heterocycles. The molecule has 0 spiro atoms. The van der Waals surface area contributed by atoms with E-state index in [9.17, 15) is 22.8 Å². The summed E-state index contributed by atoms with van der Waals surface area (Å²) in [6.07, 6.45) is -5.87. The van der Waals surface area contributed by atoms with Crippen molar-refractivity contribution < 1.29 is 32.6 Å². The summed E-state index contributed by atoms with van der Waals surface area (Å²) in [7, 11) is 0. The lowest BCUT2D eigenvalue weighted by molar-refractivity contribution is -0.146. The van der Waals surface area contributed by atoms with Gasteiger partial charge >= 0.3 is 12.1 Å². The molecule has 1 aromatic rings. The predicted molar refractivity (Wildman–Crippen MR) is 73.6 cm³/mol. The van der Waals surface area contributed by atoms with Crippen molar-refractivity contribution in [3.63, 3.8) is 0 Å². The molecule has 1 N–H and O–H groups in total. The molecule has 126 valence electrons. The van der Waals surface area contributed by atoms with E-state index in [1.807, 2.05) is 0 Å². The van der Waals surface area contributed by atoms with Gasteiger partial charge in [0.1, 0.15) is 6.10 Å². The standard InChI is InChI=1S/C15H16F3NO4/c16-15(17,18)11-4-2-1-3-10(11)12-9-19(7-8-23-12)13(20)5-6-14(21)22/h1-4,12H,5-9H2,(H,21,22). The monoisotopic (exact) mass is 331 g/mol. The molecule has 5 nitrogen and oxygen atoms in total. The molecule has 1 saturated heterocycles. The molecular formula is C15H16F3NO4. The molecule has 0 bridgehead atoms. The maximum absolute atomic E-state index is 13.1. The third kappa shape index (κ3) is 4.44. The Morgan fingerprint density at radius 1 is 1.26 bits per heavy atom. The van der Waals surface area contributed by atoms with Crippen LogP contribution in [0.4, 0.5) is 13.2 Å². The Hall–Kier alpha value is -2.09. The van der Waals surface area contributed by atoms with Gasteiger partial charge in [0.2, 0.25) is 5.91 Å². The highest BCUT2D eigenvalue weighted by Crippen LogP contribution is 2.36. The average Bonchev–Trinajstić information content (AvgIpc) is 2.52. The van der Waals surface area contributed by atoms with Gasteiger partial charge in [0.15, 0.2) is 0 Å². The molecule has 1 atom stereocenters. The number of carboxylic acid groups (broad SMARTS) is 1. The van der Waals surface area contributed by atoms with E-state index in [2.05, 4.69) is 0 Å². The molecule has 1 amide bonds. The minimum atomic E-state index is -4.50. The summed E-state index contributed by atoms with van der Waals surface area (Å²) in [5, 5.41) is 8.60. The van der Waals surface area contributed by atoms with Crippen molar-refractivity contribution in [2.24, 2.45) is 0 Å². The third-order valence-electron chi connectivity index (χ3n) is 3.58. The highest BCUT2D eigenvalue weighted by molar-refractivity contribution is 5.80. The molecule has 0 saturated carbocycles. The molecule has 8 heteroatoms. The number of carbonyl (C=O) groups is 2. The van der Waals surface area contributed by atoms with E-state index in [1.54, 1.807) is 0 Å². The van der Waals surface area contributed by atoms with Gasteiger partial charge in [0.25, 0.3) is 0 Å². The van der Waals surface area contributed by atoms with Crippen LogP contribution in [0.25, 0.3) is 0 Å². The Balaban J connectivity index is 2.13. The van der Waals surface area contributed by atoms with Gasteiger partial charge in [-0.15, -0.1) is 0 Å². The van der Waals surface area contributed by atoms with E-state index in [0.29, 0.717) is 0 Å².